The topological polar surface area (TPSA) is 89.2 Å². The molecular formula is C16H25N7OS. The number of hydrogen-bond acceptors (Lipinski definition) is 6. The molecular weight excluding hydrogens is 338 g/mol. The zero-order chi connectivity index (χ0) is 17.6. The number of thiazole rings is 1. The second kappa shape index (κ2) is 8.39. The lowest BCUT2D eigenvalue weighted by atomic mass is 10.1. The quantitative estimate of drug-likeness (QED) is 0.591. The van der Waals surface area contributed by atoms with E-state index in [1.807, 2.05) is 10.9 Å². The van der Waals surface area contributed by atoms with Crippen molar-refractivity contribution < 1.29 is 4.74 Å². The van der Waals surface area contributed by atoms with Crippen LogP contribution in [0.4, 0.5) is 0 Å². The molecule has 2 N–H and O–H groups in total. The number of rotatable bonds is 6. The lowest BCUT2D eigenvalue weighted by Gasteiger charge is -2.25. The first kappa shape index (κ1) is 17.8. The van der Waals surface area contributed by atoms with E-state index < -0.39 is 0 Å². The summed E-state index contributed by atoms with van der Waals surface area (Å²) in [7, 11) is 3.45. The van der Waals surface area contributed by atoms with Crippen molar-refractivity contribution in [3.8, 4) is 0 Å². The third kappa shape index (κ3) is 4.55. The van der Waals surface area contributed by atoms with Crippen LogP contribution in [0.5, 0.6) is 0 Å². The highest BCUT2D eigenvalue weighted by atomic mass is 32.1. The molecule has 9 heteroatoms. The Morgan fingerprint density at radius 2 is 2.40 bits per heavy atom. The molecule has 0 saturated carbocycles. The van der Waals surface area contributed by atoms with Crippen LogP contribution in [0, 0.1) is 0 Å². The number of guanidine groups is 1. The summed E-state index contributed by atoms with van der Waals surface area (Å²) in [5.74, 6) is 2.57. The first-order chi connectivity index (χ1) is 12.2. The number of ether oxygens (including phenoxy) is 1. The van der Waals surface area contributed by atoms with Gasteiger partial charge in [0.15, 0.2) is 11.8 Å². The molecule has 1 unspecified atom stereocenters. The van der Waals surface area contributed by atoms with Gasteiger partial charge in [-0.15, -0.1) is 11.3 Å². The van der Waals surface area contributed by atoms with Crippen LogP contribution in [0.3, 0.4) is 0 Å². The van der Waals surface area contributed by atoms with Gasteiger partial charge in [0.25, 0.3) is 0 Å². The van der Waals surface area contributed by atoms with E-state index in [1.165, 1.54) is 4.88 Å². The first-order valence-electron chi connectivity index (χ1n) is 8.54. The lowest BCUT2D eigenvalue weighted by molar-refractivity contribution is 0.177. The van der Waals surface area contributed by atoms with Gasteiger partial charge in [0.2, 0.25) is 0 Å². The Kier molecular flexibility index (Phi) is 5.98. The van der Waals surface area contributed by atoms with Crippen LogP contribution < -0.4 is 10.6 Å². The molecule has 0 aromatic carbocycles. The summed E-state index contributed by atoms with van der Waals surface area (Å²) in [5, 5.41) is 12.4. The summed E-state index contributed by atoms with van der Waals surface area (Å²) in [5.41, 5.74) is 0. The van der Waals surface area contributed by atoms with Gasteiger partial charge in [-0.05, 0) is 12.8 Å². The highest BCUT2D eigenvalue weighted by Gasteiger charge is 2.22. The number of hydrogen-bond donors (Lipinski definition) is 2. The number of aliphatic imine (C=N–C) groups is 1. The van der Waals surface area contributed by atoms with Crippen LogP contribution in [-0.2, 0) is 37.3 Å². The van der Waals surface area contributed by atoms with E-state index in [-0.39, 0.29) is 6.04 Å². The SMILES string of the molecule is CCc1cnc(CNC(=NC)NC2CCc3nc(COC)nn3C2)s1. The summed E-state index contributed by atoms with van der Waals surface area (Å²) in [4.78, 5) is 14.6. The van der Waals surface area contributed by atoms with Gasteiger partial charge in [0, 0.05) is 37.7 Å². The van der Waals surface area contributed by atoms with Gasteiger partial charge in [0.1, 0.15) is 17.4 Å². The number of methoxy groups -OCH3 is 1. The van der Waals surface area contributed by atoms with Crippen LogP contribution >= 0.6 is 11.3 Å². The van der Waals surface area contributed by atoms with Crippen molar-refractivity contribution in [2.24, 2.45) is 4.99 Å². The van der Waals surface area contributed by atoms with Crippen LogP contribution in [0.1, 0.15) is 34.9 Å². The molecule has 0 radical (unpaired) electrons. The van der Waals surface area contributed by atoms with E-state index in [9.17, 15) is 0 Å². The maximum absolute atomic E-state index is 5.11. The first-order valence-corrected chi connectivity index (χ1v) is 9.35. The van der Waals surface area contributed by atoms with Gasteiger partial charge >= 0.3 is 0 Å². The van der Waals surface area contributed by atoms with Crippen molar-refractivity contribution in [2.75, 3.05) is 14.2 Å². The Balaban J connectivity index is 1.53. The zero-order valence-electron chi connectivity index (χ0n) is 14.9. The maximum atomic E-state index is 5.11. The van der Waals surface area contributed by atoms with E-state index in [4.69, 9.17) is 4.74 Å². The minimum Gasteiger partial charge on any atom is -0.377 e. The summed E-state index contributed by atoms with van der Waals surface area (Å²) >= 11 is 1.74. The Morgan fingerprint density at radius 1 is 1.52 bits per heavy atom. The molecule has 0 saturated heterocycles. The van der Waals surface area contributed by atoms with Gasteiger partial charge in [-0.25, -0.2) is 14.6 Å². The number of nitrogens with zero attached hydrogens (tertiary/aromatic N) is 5. The molecule has 8 nitrogen and oxygen atoms in total. The van der Waals surface area contributed by atoms with Gasteiger partial charge in [-0.1, -0.05) is 6.92 Å². The van der Waals surface area contributed by atoms with Crippen molar-refractivity contribution >= 4 is 17.3 Å². The number of aromatic nitrogens is 4. The minimum atomic E-state index is 0.276. The Labute approximate surface area is 151 Å². The highest BCUT2D eigenvalue weighted by molar-refractivity contribution is 7.11. The molecule has 0 amide bonds. The van der Waals surface area contributed by atoms with E-state index in [1.54, 1.807) is 25.5 Å². The third-order valence-electron chi connectivity index (χ3n) is 4.10. The average Bonchev–Trinajstić information content (AvgIpc) is 3.24. The van der Waals surface area contributed by atoms with Gasteiger partial charge in [0.05, 0.1) is 13.1 Å². The van der Waals surface area contributed by atoms with E-state index in [0.29, 0.717) is 13.2 Å². The van der Waals surface area contributed by atoms with Crippen LogP contribution in [0.25, 0.3) is 0 Å². The maximum Gasteiger partial charge on any atom is 0.191 e. The summed E-state index contributed by atoms with van der Waals surface area (Å²) in [6.45, 7) is 4.06. The van der Waals surface area contributed by atoms with Crippen LogP contribution in [0.15, 0.2) is 11.2 Å². The van der Waals surface area contributed by atoms with Crippen molar-refractivity contribution in [1.29, 1.82) is 0 Å². The standard InChI is InChI=1S/C16H25N7OS/c1-4-12-7-18-15(25-12)8-19-16(17-2)20-11-5-6-14-21-13(10-24-3)22-23(14)9-11/h7,11H,4-6,8-10H2,1-3H3,(H2,17,19,20). The fourth-order valence-electron chi connectivity index (χ4n) is 2.81. The van der Waals surface area contributed by atoms with Crippen LogP contribution in [0.2, 0.25) is 0 Å². The molecule has 1 aliphatic rings. The van der Waals surface area contributed by atoms with E-state index in [0.717, 1.165) is 48.4 Å². The molecule has 0 aliphatic carbocycles. The van der Waals surface area contributed by atoms with Gasteiger partial charge in [-0.3, -0.25) is 4.99 Å². The highest BCUT2D eigenvalue weighted by Crippen LogP contribution is 2.14. The molecule has 2 aromatic heterocycles. The Bertz CT molecular complexity index is 724. The largest absolute Gasteiger partial charge is 0.377 e. The van der Waals surface area contributed by atoms with Crippen molar-refractivity contribution in [2.45, 2.75) is 51.9 Å². The zero-order valence-corrected chi connectivity index (χ0v) is 15.8. The molecule has 1 atom stereocenters. The monoisotopic (exact) mass is 363 g/mol. The molecule has 0 bridgehead atoms. The summed E-state index contributed by atoms with van der Waals surface area (Å²) in [6, 6.07) is 0.276. The van der Waals surface area contributed by atoms with Gasteiger partial charge < -0.3 is 15.4 Å². The second-order valence-electron chi connectivity index (χ2n) is 5.94. The molecule has 25 heavy (non-hydrogen) atoms. The molecule has 3 rings (SSSR count). The Morgan fingerprint density at radius 3 is 3.12 bits per heavy atom. The molecule has 0 fully saturated rings. The summed E-state index contributed by atoms with van der Waals surface area (Å²) in [6.07, 6.45) is 4.88. The van der Waals surface area contributed by atoms with Crippen LogP contribution in [-0.4, -0.2) is 45.9 Å². The smallest absolute Gasteiger partial charge is 0.191 e. The van der Waals surface area contributed by atoms with E-state index >= 15 is 0 Å². The van der Waals surface area contributed by atoms with E-state index in [2.05, 4.69) is 37.6 Å². The number of nitrogens with one attached hydrogen (secondary N) is 2. The predicted octanol–water partition coefficient (Wildman–Crippen LogP) is 1.12. The average molecular weight is 363 g/mol. The number of fused-ring (bicyclic) bond motifs is 1. The van der Waals surface area contributed by atoms with Crippen molar-refractivity contribution in [3.05, 3.63) is 27.7 Å². The Hall–Kier alpha value is -2.00. The molecule has 1 aliphatic heterocycles. The molecule has 2 aromatic rings. The predicted molar refractivity (Wildman–Crippen MR) is 97.7 cm³/mol. The van der Waals surface area contributed by atoms with Crippen molar-refractivity contribution in [3.63, 3.8) is 0 Å². The van der Waals surface area contributed by atoms with Gasteiger partial charge in [-0.2, -0.15) is 5.10 Å². The second-order valence-corrected chi connectivity index (χ2v) is 7.14. The third-order valence-corrected chi connectivity index (χ3v) is 5.24. The normalized spacial score (nSPS) is 17.4. The summed E-state index contributed by atoms with van der Waals surface area (Å²) < 4.78 is 7.08. The lowest BCUT2D eigenvalue weighted by Crippen LogP contribution is -2.46. The van der Waals surface area contributed by atoms with Crippen molar-refractivity contribution in [1.82, 2.24) is 30.4 Å². The minimum absolute atomic E-state index is 0.276. The fourth-order valence-corrected chi connectivity index (χ4v) is 3.61. The molecule has 3 heterocycles. The molecule has 136 valence electrons. The molecule has 0 spiro atoms. The number of aryl methyl sites for hydroxylation is 2. The fraction of sp³-hybridized carbons (Fsp3) is 0.625.